The molecule has 1 aliphatic rings. The van der Waals surface area contributed by atoms with E-state index < -0.39 is 0 Å². The van der Waals surface area contributed by atoms with Gasteiger partial charge in [-0.15, -0.1) is 24.8 Å². The summed E-state index contributed by atoms with van der Waals surface area (Å²) in [5.41, 5.74) is 7.67. The van der Waals surface area contributed by atoms with Crippen molar-refractivity contribution in [2.75, 3.05) is 19.3 Å². The fraction of sp³-hybridized carbons (Fsp3) is 0.500. The lowest BCUT2D eigenvalue weighted by Gasteiger charge is -2.22. The maximum atomic E-state index is 5.54. The van der Waals surface area contributed by atoms with Crippen molar-refractivity contribution in [2.24, 2.45) is 0 Å². The monoisotopic (exact) mass is 236 g/mol. The third-order valence-electron chi connectivity index (χ3n) is 2.10. The molecule has 0 spiro atoms. The van der Waals surface area contributed by atoms with Crippen molar-refractivity contribution in [1.82, 2.24) is 14.9 Å². The highest BCUT2D eigenvalue weighted by molar-refractivity contribution is 5.85. The lowest BCUT2D eigenvalue weighted by atomic mass is 10.1. The summed E-state index contributed by atoms with van der Waals surface area (Å²) in [6.45, 7) is 1.93. The molecule has 2 N–H and O–H groups in total. The van der Waals surface area contributed by atoms with Crippen LogP contribution in [0.25, 0.3) is 0 Å². The third kappa shape index (κ3) is 2.70. The molecule has 0 amide bonds. The number of hydrogen-bond donors (Lipinski definition) is 1. The topological polar surface area (TPSA) is 55.0 Å². The Hall–Kier alpha value is -0.580. The number of hydrogen-bond acceptors (Lipinski definition) is 4. The average molecular weight is 237 g/mol. The Morgan fingerprint density at radius 2 is 2.07 bits per heavy atom. The van der Waals surface area contributed by atoms with Gasteiger partial charge in [0.25, 0.3) is 0 Å². The lowest BCUT2D eigenvalue weighted by Crippen LogP contribution is -2.28. The number of likely N-dealkylation sites (N-methyl/N-ethyl adjacent to an activating group) is 1. The van der Waals surface area contributed by atoms with Gasteiger partial charge in [-0.1, -0.05) is 0 Å². The Morgan fingerprint density at radius 1 is 1.36 bits per heavy atom. The summed E-state index contributed by atoms with van der Waals surface area (Å²) in [5, 5.41) is 0. The number of aromatic nitrogens is 2. The van der Waals surface area contributed by atoms with E-state index in [1.54, 1.807) is 6.20 Å². The van der Waals surface area contributed by atoms with E-state index in [-0.39, 0.29) is 24.8 Å². The second-order valence-corrected chi connectivity index (χ2v) is 3.18. The van der Waals surface area contributed by atoms with E-state index in [1.807, 2.05) is 0 Å². The summed E-state index contributed by atoms with van der Waals surface area (Å²) in [6.07, 6.45) is 2.61. The lowest BCUT2D eigenvalue weighted by molar-refractivity contribution is 0.304. The van der Waals surface area contributed by atoms with E-state index in [0.717, 1.165) is 30.9 Å². The van der Waals surface area contributed by atoms with Crippen molar-refractivity contribution in [1.29, 1.82) is 0 Å². The van der Waals surface area contributed by atoms with E-state index >= 15 is 0 Å². The van der Waals surface area contributed by atoms with Gasteiger partial charge in [-0.05, 0) is 7.05 Å². The van der Waals surface area contributed by atoms with Gasteiger partial charge in [0.1, 0.15) is 5.82 Å². The zero-order valence-electron chi connectivity index (χ0n) is 7.93. The highest BCUT2D eigenvalue weighted by atomic mass is 35.5. The highest BCUT2D eigenvalue weighted by Gasteiger charge is 2.15. The third-order valence-corrected chi connectivity index (χ3v) is 2.10. The van der Waals surface area contributed by atoms with Crippen molar-refractivity contribution in [3.8, 4) is 0 Å². The Bertz CT molecular complexity index is 305. The number of anilines is 1. The van der Waals surface area contributed by atoms with E-state index in [2.05, 4.69) is 21.9 Å². The first kappa shape index (κ1) is 13.4. The quantitative estimate of drug-likeness (QED) is 0.728. The van der Waals surface area contributed by atoms with Crippen molar-refractivity contribution in [2.45, 2.75) is 13.0 Å². The Balaban J connectivity index is 0.000000845. The predicted octanol–water partition coefficient (Wildman–Crippen LogP) is 0.890. The van der Waals surface area contributed by atoms with Crippen molar-refractivity contribution < 1.29 is 0 Å². The molecule has 0 fully saturated rings. The SMILES string of the molecule is CN1CCc2ncc(N)nc2C1.Cl.Cl. The molecule has 14 heavy (non-hydrogen) atoms. The molecule has 80 valence electrons. The van der Waals surface area contributed by atoms with Gasteiger partial charge in [0.2, 0.25) is 0 Å². The molecule has 0 unspecified atom stereocenters. The molecule has 0 aliphatic carbocycles. The number of nitrogen functional groups attached to an aromatic ring is 1. The minimum absolute atomic E-state index is 0. The van der Waals surface area contributed by atoms with Crippen LogP contribution in [-0.2, 0) is 13.0 Å². The Kier molecular flexibility index (Phi) is 5.12. The summed E-state index contributed by atoms with van der Waals surface area (Å²) >= 11 is 0. The van der Waals surface area contributed by atoms with Gasteiger partial charge in [-0.2, -0.15) is 0 Å². The van der Waals surface area contributed by atoms with E-state index in [4.69, 9.17) is 5.73 Å². The van der Waals surface area contributed by atoms with Gasteiger partial charge in [-0.3, -0.25) is 4.98 Å². The fourth-order valence-electron chi connectivity index (χ4n) is 1.43. The van der Waals surface area contributed by atoms with Gasteiger partial charge < -0.3 is 10.6 Å². The molecule has 0 saturated carbocycles. The summed E-state index contributed by atoms with van der Waals surface area (Å²) in [4.78, 5) is 10.7. The summed E-state index contributed by atoms with van der Waals surface area (Å²) in [5.74, 6) is 0.518. The molecule has 1 aromatic rings. The summed E-state index contributed by atoms with van der Waals surface area (Å²) < 4.78 is 0. The number of nitrogens with zero attached hydrogens (tertiary/aromatic N) is 3. The highest BCUT2D eigenvalue weighted by Crippen LogP contribution is 2.13. The number of fused-ring (bicyclic) bond motifs is 1. The molecule has 0 aromatic carbocycles. The van der Waals surface area contributed by atoms with Crippen LogP contribution in [0, 0.1) is 0 Å². The van der Waals surface area contributed by atoms with E-state index in [1.165, 1.54) is 0 Å². The van der Waals surface area contributed by atoms with Crippen molar-refractivity contribution in [3.05, 3.63) is 17.6 Å². The molecule has 4 nitrogen and oxygen atoms in total. The summed E-state index contributed by atoms with van der Waals surface area (Å²) in [7, 11) is 2.08. The van der Waals surface area contributed by atoms with Crippen molar-refractivity contribution >= 4 is 30.6 Å². The van der Waals surface area contributed by atoms with Crippen LogP contribution in [0.4, 0.5) is 5.82 Å². The Labute approximate surface area is 95.7 Å². The minimum Gasteiger partial charge on any atom is -0.382 e. The predicted molar refractivity (Wildman–Crippen MR) is 61.0 cm³/mol. The normalized spacial score (nSPS) is 14.9. The molecule has 0 saturated heterocycles. The zero-order valence-corrected chi connectivity index (χ0v) is 9.57. The second-order valence-electron chi connectivity index (χ2n) is 3.18. The maximum Gasteiger partial charge on any atom is 0.142 e. The first-order chi connectivity index (χ1) is 5.75. The van der Waals surface area contributed by atoms with Gasteiger partial charge in [0.05, 0.1) is 17.6 Å². The minimum atomic E-state index is 0. The molecule has 1 aromatic heterocycles. The van der Waals surface area contributed by atoms with Crippen LogP contribution < -0.4 is 5.73 Å². The largest absolute Gasteiger partial charge is 0.382 e. The van der Waals surface area contributed by atoms with Crippen LogP contribution in [0.1, 0.15) is 11.4 Å². The van der Waals surface area contributed by atoms with Gasteiger partial charge >= 0.3 is 0 Å². The smallest absolute Gasteiger partial charge is 0.142 e. The van der Waals surface area contributed by atoms with Crippen LogP contribution in [0.2, 0.25) is 0 Å². The van der Waals surface area contributed by atoms with Crippen LogP contribution in [0.15, 0.2) is 6.20 Å². The fourth-order valence-corrected chi connectivity index (χ4v) is 1.43. The van der Waals surface area contributed by atoms with Crippen molar-refractivity contribution in [3.63, 3.8) is 0 Å². The molecule has 2 rings (SSSR count). The average Bonchev–Trinajstić information content (AvgIpc) is 2.03. The number of halogens is 2. The molecule has 2 heterocycles. The van der Waals surface area contributed by atoms with E-state index in [0.29, 0.717) is 5.82 Å². The standard InChI is InChI=1S/C8H12N4.2ClH/c1-12-3-2-6-7(5-12)11-8(9)4-10-6;;/h4H,2-3,5H2,1H3,(H2,9,11);2*1H. The van der Waals surface area contributed by atoms with Gasteiger partial charge in [0.15, 0.2) is 0 Å². The Morgan fingerprint density at radius 3 is 2.79 bits per heavy atom. The molecule has 1 aliphatic heterocycles. The van der Waals surface area contributed by atoms with Gasteiger partial charge in [-0.25, -0.2) is 4.98 Å². The molecular weight excluding hydrogens is 223 g/mol. The molecule has 0 atom stereocenters. The second kappa shape index (κ2) is 5.34. The molecule has 0 bridgehead atoms. The van der Waals surface area contributed by atoms with Crippen LogP contribution in [-0.4, -0.2) is 28.5 Å². The maximum absolute atomic E-state index is 5.54. The van der Waals surface area contributed by atoms with E-state index in [9.17, 15) is 0 Å². The van der Waals surface area contributed by atoms with Gasteiger partial charge in [0, 0.05) is 19.5 Å². The molecular formula is C8H14Cl2N4. The summed E-state index contributed by atoms with van der Waals surface area (Å²) in [6, 6.07) is 0. The number of nitrogens with two attached hydrogens (primary N) is 1. The zero-order chi connectivity index (χ0) is 8.55. The number of rotatable bonds is 0. The van der Waals surface area contributed by atoms with Crippen LogP contribution in [0.3, 0.4) is 0 Å². The van der Waals surface area contributed by atoms with Crippen LogP contribution >= 0.6 is 24.8 Å². The molecule has 6 heteroatoms. The molecule has 0 radical (unpaired) electrons. The first-order valence-electron chi connectivity index (χ1n) is 4.04. The first-order valence-corrected chi connectivity index (χ1v) is 4.04. The van der Waals surface area contributed by atoms with Crippen LogP contribution in [0.5, 0.6) is 0 Å².